The van der Waals surface area contributed by atoms with Crippen LogP contribution in [0.4, 0.5) is 0 Å². The summed E-state index contributed by atoms with van der Waals surface area (Å²) in [4.78, 5) is 0. The fourth-order valence-electron chi connectivity index (χ4n) is 1.07. The van der Waals surface area contributed by atoms with Crippen LogP contribution in [0.1, 0.15) is 6.92 Å². The second-order valence-corrected chi connectivity index (χ2v) is 6.03. The predicted octanol–water partition coefficient (Wildman–Crippen LogP) is -2.59. The van der Waals surface area contributed by atoms with E-state index in [1.165, 1.54) is 0 Å². The molecule has 1 aliphatic heterocycles. The number of hydrogen-bond donors (Lipinski definition) is 1. The third kappa shape index (κ3) is 6.37. The van der Waals surface area contributed by atoms with Gasteiger partial charge in [0.1, 0.15) is 4.71 Å². The van der Waals surface area contributed by atoms with Crippen LogP contribution in [0.15, 0.2) is 0 Å². The number of thioether (sulfide) groups is 2. The molecule has 1 heterocycles. The van der Waals surface area contributed by atoms with Gasteiger partial charge in [0.25, 0.3) is 0 Å². The van der Waals surface area contributed by atoms with Crippen LogP contribution in [0.25, 0.3) is 0 Å². The molecule has 0 aromatic heterocycles. The Morgan fingerprint density at radius 2 is 2.33 bits per heavy atom. The third-order valence-electron chi connectivity index (χ3n) is 1.74. The molecule has 2 unspecified atom stereocenters. The molecule has 15 heavy (non-hydrogen) atoms. The van der Waals surface area contributed by atoms with E-state index in [9.17, 15) is 5.26 Å². The van der Waals surface area contributed by atoms with Gasteiger partial charge in [-0.25, -0.2) is 10.4 Å². The summed E-state index contributed by atoms with van der Waals surface area (Å²) in [5.41, 5.74) is 3.34. The van der Waals surface area contributed by atoms with E-state index in [0.717, 1.165) is 18.6 Å². The first kappa shape index (κ1) is 16.9. The maximum atomic E-state index is 9.51. The standard InChI is InChI=1S/C6H14N2O3S3.Na/c1-5-8(3-4-13-11-10-9)7-6(12-2)14-5;/h5-7,9H,3-4H2,1-2H3;/q;+1/p-1. The largest absolute Gasteiger partial charge is 1.00 e. The monoisotopic (exact) mass is 280 g/mol. The Morgan fingerprint density at radius 1 is 1.60 bits per heavy atom. The van der Waals surface area contributed by atoms with Crippen LogP contribution in [-0.2, 0) is 9.37 Å². The zero-order valence-electron chi connectivity index (χ0n) is 8.97. The summed E-state index contributed by atoms with van der Waals surface area (Å²) < 4.78 is 4.60. The summed E-state index contributed by atoms with van der Waals surface area (Å²) in [7, 11) is 0. The van der Waals surface area contributed by atoms with E-state index in [1.54, 1.807) is 11.8 Å². The molecule has 0 aromatic rings. The van der Waals surface area contributed by atoms with Crippen molar-refractivity contribution in [1.82, 2.24) is 10.4 Å². The van der Waals surface area contributed by atoms with Crippen molar-refractivity contribution in [1.29, 1.82) is 0 Å². The predicted molar refractivity (Wildman–Crippen MR) is 58.8 cm³/mol. The molecule has 0 bridgehead atoms. The summed E-state index contributed by atoms with van der Waals surface area (Å²) in [6, 6.07) is 0. The fraction of sp³-hybridized carbons (Fsp3) is 1.00. The van der Waals surface area contributed by atoms with Crippen LogP contribution in [-0.4, -0.2) is 33.6 Å². The Bertz CT molecular complexity index is 171. The Balaban J connectivity index is 0.00000196. The van der Waals surface area contributed by atoms with E-state index < -0.39 is 0 Å². The van der Waals surface area contributed by atoms with Crippen LogP contribution >= 0.6 is 35.6 Å². The minimum atomic E-state index is 0. The molecule has 0 spiro atoms. The number of rotatable bonds is 6. The van der Waals surface area contributed by atoms with Gasteiger partial charge in [0.15, 0.2) is 0 Å². The summed E-state index contributed by atoms with van der Waals surface area (Å²) >= 11 is 4.67. The average Bonchev–Trinajstić information content (AvgIpc) is 2.54. The smallest absolute Gasteiger partial charge is 0.691 e. The molecule has 2 atom stereocenters. The first-order chi connectivity index (χ1) is 6.77. The average molecular weight is 280 g/mol. The Kier molecular flexibility index (Phi) is 11.1. The second kappa shape index (κ2) is 9.84. The van der Waals surface area contributed by atoms with Crippen LogP contribution < -0.4 is 40.2 Å². The molecular formula is C6H13N2NaO3S3. The quantitative estimate of drug-likeness (QED) is 0.187. The van der Waals surface area contributed by atoms with E-state index in [-0.39, 0.29) is 29.6 Å². The normalized spacial score (nSPS) is 26.6. The SMILES string of the molecule is CSC1NN(CCSOO[O-])C(C)S1.[Na+]. The first-order valence-electron chi connectivity index (χ1n) is 4.07. The van der Waals surface area contributed by atoms with Crippen molar-refractivity contribution in [2.75, 3.05) is 18.6 Å². The second-order valence-electron chi connectivity index (χ2n) is 2.58. The maximum absolute atomic E-state index is 9.51. The van der Waals surface area contributed by atoms with Gasteiger partial charge in [0, 0.05) is 24.3 Å². The minimum Gasteiger partial charge on any atom is -0.691 e. The molecule has 1 aliphatic rings. The number of nitrogens with zero attached hydrogens (tertiary/aromatic N) is 1. The molecule has 0 aromatic carbocycles. The molecule has 1 fully saturated rings. The van der Waals surface area contributed by atoms with Gasteiger partial charge in [0.2, 0.25) is 0 Å². The molecule has 5 nitrogen and oxygen atoms in total. The molecule has 0 amide bonds. The van der Waals surface area contributed by atoms with Gasteiger partial charge in [-0.05, 0) is 13.2 Å². The minimum absolute atomic E-state index is 0. The van der Waals surface area contributed by atoms with Crippen molar-refractivity contribution >= 4 is 35.6 Å². The zero-order valence-corrected chi connectivity index (χ0v) is 13.4. The van der Waals surface area contributed by atoms with Crippen molar-refractivity contribution in [2.45, 2.75) is 17.0 Å². The van der Waals surface area contributed by atoms with E-state index >= 15 is 0 Å². The van der Waals surface area contributed by atoms with Crippen LogP contribution in [0.5, 0.6) is 0 Å². The van der Waals surface area contributed by atoms with Crippen molar-refractivity contribution in [3.05, 3.63) is 0 Å². The van der Waals surface area contributed by atoms with Crippen LogP contribution in [0.2, 0.25) is 0 Å². The van der Waals surface area contributed by atoms with Gasteiger partial charge in [-0.2, -0.15) is 4.33 Å². The van der Waals surface area contributed by atoms with Crippen molar-refractivity contribution in [3.8, 4) is 0 Å². The summed E-state index contributed by atoms with van der Waals surface area (Å²) in [5.74, 6) is 0.696. The Hall–Kier alpha value is 1.85. The van der Waals surface area contributed by atoms with E-state index in [2.05, 4.69) is 33.0 Å². The molecule has 84 valence electrons. The topological polar surface area (TPSA) is 56.8 Å². The number of hydrogen-bond acceptors (Lipinski definition) is 8. The zero-order chi connectivity index (χ0) is 10.4. The van der Waals surface area contributed by atoms with Gasteiger partial charge in [-0.3, -0.25) is 5.04 Å². The van der Waals surface area contributed by atoms with E-state index in [0.29, 0.717) is 15.8 Å². The van der Waals surface area contributed by atoms with E-state index in [1.807, 2.05) is 11.8 Å². The maximum Gasteiger partial charge on any atom is 1.00 e. The Morgan fingerprint density at radius 3 is 2.87 bits per heavy atom. The molecule has 9 heteroatoms. The van der Waals surface area contributed by atoms with Crippen molar-refractivity contribution in [3.63, 3.8) is 0 Å². The van der Waals surface area contributed by atoms with Gasteiger partial charge in [0.05, 0.1) is 5.37 Å². The molecule has 0 aliphatic carbocycles. The third-order valence-corrected chi connectivity index (χ3v) is 4.68. The van der Waals surface area contributed by atoms with Gasteiger partial charge in [-0.15, -0.1) is 23.5 Å². The molecule has 0 saturated carbocycles. The molecule has 1 saturated heterocycles. The summed E-state index contributed by atoms with van der Waals surface area (Å²) in [6.45, 7) is 2.96. The van der Waals surface area contributed by atoms with Gasteiger partial charge < -0.3 is 5.26 Å². The molecular weight excluding hydrogens is 267 g/mol. The first-order valence-corrected chi connectivity index (χ1v) is 7.21. The van der Waals surface area contributed by atoms with Crippen LogP contribution in [0, 0.1) is 0 Å². The van der Waals surface area contributed by atoms with Crippen LogP contribution in [0.3, 0.4) is 0 Å². The number of hydrazine groups is 1. The van der Waals surface area contributed by atoms with Crippen molar-refractivity contribution in [2.24, 2.45) is 0 Å². The fourth-order valence-corrected chi connectivity index (χ4v) is 3.48. The number of nitrogens with one attached hydrogen (secondary N) is 1. The Labute approximate surface area is 125 Å². The van der Waals surface area contributed by atoms with Crippen molar-refractivity contribution < 1.29 is 44.2 Å². The molecule has 1 rings (SSSR count). The van der Waals surface area contributed by atoms with Gasteiger partial charge in [-0.1, -0.05) is 0 Å². The van der Waals surface area contributed by atoms with Gasteiger partial charge >= 0.3 is 29.6 Å². The van der Waals surface area contributed by atoms with E-state index in [4.69, 9.17) is 0 Å². The summed E-state index contributed by atoms with van der Waals surface area (Å²) in [6.07, 6.45) is 2.07. The summed E-state index contributed by atoms with van der Waals surface area (Å²) in [5, 5.41) is 15.3. The molecule has 0 radical (unpaired) electrons. The molecule has 1 N–H and O–H groups in total.